The molecule has 10 nitrogen and oxygen atoms in total. The van der Waals surface area contributed by atoms with E-state index in [0.29, 0.717) is 0 Å². The molecule has 0 spiro atoms. The highest BCUT2D eigenvalue weighted by atomic mass is 16.4. The molecule has 0 saturated heterocycles. The molecule has 4 rings (SSSR count). The van der Waals surface area contributed by atoms with Crippen LogP contribution in [-0.4, -0.2) is 79.7 Å². The van der Waals surface area contributed by atoms with Gasteiger partial charge in [0.15, 0.2) is 11.4 Å². The zero-order chi connectivity index (χ0) is 25.5. The zero-order valence-electron chi connectivity index (χ0n) is 19.2. The number of aromatic hydroxyl groups is 1. The number of amides is 1. The van der Waals surface area contributed by atoms with Crippen molar-refractivity contribution < 1.29 is 42.7 Å². The standard InChI is InChI=1S/C22H24N2O8/c1-7-8-5-4-6-9(25)11(8)16(26)12-10(7)17(27)14-15(24(2)3)18(28)13(21(23)31)20(30)22(14,32)19(12)29/h4-7,10,14-15,17,25-27,30,32H,1-3H3,(H2,23,31)/t7-,10+,14+,15-,17-,22-/m0/s1/i1D,7D. The molecule has 1 fully saturated rings. The van der Waals surface area contributed by atoms with Gasteiger partial charge in [-0.25, -0.2) is 0 Å². The van der Waals surface area contributed by atoms with E-state index in [9.17, 15) is 39.9 Å². The summed E-state index contributed by atoms with van der Waals surface area (Å²) in [6, 6.07) is 2.40. The fourth-order valence-corrected chi connectivity index (χ4v) is 5.21. The van der Waals surface area contributed by atoms with Gasteiger partial charge < -0.3 is 31.3 Å². The molecule has 170 valence electrons. The van der Waals surface area contributed by atoms with Gasteiger partial charge >= 0.3 is 0 Å². The Morgan fingerprint density at radius 2 is 1.91 bits per heavy atom. The lowest BCUT2D eigenvalue weighted by Crippen LogP contribution is -2.70. The minimum Gasteiger partial charge on any atom is -0.508 e. The van der Waals surface area contributed by atoms with E-state index in [-0.39, 0.29) is 11.1 Å². The van der Waals surface area contributed by atoms with Gasteiger partial charge in [-0.2, -0.15) is 0 Å². The smallest absolute Gasteiger partial charge is 0.255 e. The van der Waals surface area contributed by atoms with Crippen LogP contribution in [0.5, 0.6) is 5.75 Å². The van der Waals surface area contributed by atoms with Gasteiger partial charge in [-0.3, -0.25) is 19.3 Å². The number of primary amides is 1. The number of carbonyl (C=O) groups is 3. The molecule has 0 aliphatic heterocycles. The summed E-state index contributed by atoms with van der Waals surface area (Å²) in [6.07, 6.45) is -1.92. The first-order valence-electron chi connectivity index (χ1n) is 10.9. The van der Waals surface area contributed by atoms with Gasteiger partial charge in [-0.1, -0.05) is 19.0 Å². The monoisotopic (exact) mass is 446 g/mol. The van der Waals surface area contributed by atoms with Crippen LogP contribution >= 0.6 is 0 Å². The van der Waals surface area contributed by atoms with Gasteiger partial charge in [0.2, 0.25) is 5.78 Å². The second kappa shape index (κ2) is 6.89. The topological polar surface area (TPSA) is 182 Å². The van der Waals surface area contributed by atoms with Crippen LogP contribution in [0.4, 0.5) is 0 Å². The first kappa shape index (κ1) is 19.5. The molecule has 1 saturated carbocycles. The van der Waals surface area contributed by atoms with Crippen molar-refractivity contribution in [2.75, 3.05) is 14.1 Å². The minimum absolute atomic E-state index is 0.0350. The molecule has 10 heteroatoms. The van der Waals surface area contributed by atoms with Crippen LogP contribution in [0.1, 0.15) is 26.7 Å². The van der Waals surface area contributed by atoms with E-state index in [2.05, 4.69) is 0 Å². The van der Waals surface area contributed by atoms with Gasteiger partial charge in [-0.05, 0) is 31.6 Å². The summed E-state index contributed by atoms with van der Waals surface area (Å²) in [7, 11) is 2.77. The van der Waals surface area contributed by atoms with Crippen LogP contribution in [0.2, 0.25) is 0 Å². The van der Waals surface area contributed by atoms with Crippen LogP contribution in [0.15, 0.2) is 35.1 Å². The number of fused-ring (bicyclic) bond motifs is 3. The third-order valence-corrected chi connectivity index (χ3v) is 6.61. The average Bonchev–Trinajstić information content (AvgIpc) is 2.76. The molecule has 0 aromatic heterocycles. The van der Waals surface area contributed by atoms with Gasteiger partial charge in [0, 0.05) is 14.2 Å². The van der Waals surface area contributed by atoms with Crippen LogP contribution in [0.25, 0.3) is 5.76 Å². The maximum Gasteiger partial charge on any atom is 0.255 e. The van der Waals surface area contributed by atoms with Crippen LogP contribution < -0.4 is 5.73 Å². The van der Waals surface area contributed by atoms with Crippen molar-refractivity contribution in [3.05, 3.63) is 46.2 Å². The first-order valence-corrected chi connectivity index (χ1v) is 9.71. The second-order valence-electron chi connectivity index (χ2n) is 8.44. The Morgan fingerprint density at radius 1 is 1.25 bits per heavy atom. The van der Waals surface area contributed by atoms with Crippen molar-refractivity contribution in [1.82, 2.24) is 4.90 Å². The zero-order valence-corrected chi connectivity index (χ0v) is 17.2. The first-order chi connectivity index (χ1) is 15.8. The summed E-state index contributed by atoms with van der Waals surface area (Å²) in [5.74, 6) is -12.0. The van der Waals surface area contributed by atoms with Crippen molar-refractivity contribution in [3.8, 4) is 5.75 Å². The number of carbonyl (C=O) groups excluding carboxylic acids is 3. The second-order valence-corrected chi connectivity index (χ2v) is 8.44. The molecular formula is C22H24N2O8. The third-order valence-electron chi connectivity index (χ3n) is 6.61. The van der Waals surface area contributed by atoms with Gasteiger partial charge in [0.1, 0.15) is 22.8 Å². The van der Waals surface area contributed by atoms with Gasteiger partial charge in [0.25, 0.3) is 5.91 Å². The summed E-state index contributed by atoms with van der Waals surface area (Å²) >= 11 is 0. The van der Waals surface area contributed by atoms with Gasteiger partial charge in [0.05, 0.1) is 23.6 Å². The number of benzene rings is 1. The number of hydrogen-bond donors (Lipinski definition) is 6. The van der Waals surface area contributed by atoms with Crippen molar-refractivity contribution in [2.24, 2.45) is 17.6 Å². The fourth-order valence-electron chi connectivity index (χ4n) is 5.21. The largest absolute Gasteiger partial charge is 0.508 e. The number of ketones is 2. The number of rotatable bonds is 2. The predicted molar refractivity (Wildman–Crippen MR) is 110 cm³/mol. The molecule has 0 bridgehead atoms. The number of phenolic OH excluding ortho intramolecular Hbond substituents is 1. The highest BCUT2D eigenvalue weighted by Gasteiger charge is 2.68. The van der Waals surface area contributed by atoms with E-state index in [1.54, 1.807) is 0 Å². The Bertz CT molecular complexity index is 1210. The van der Waals surface area contributed by atoms with Crippen molar-refractivity contribution >= 4 is 23.2 Å². The van der Waals surface area contributed by atoms with Crippen molar-refractivity contribution in [1.29, 1.82) is 0 Å². The maximum atomic E-state index is 13.8. The van der Waals surface area contributed by atoms with Crippen LogP contribution in [-0.2, 0) is 14.4 Å². The molecule has 0 radical (unpaired) electrons. The van der Waals surface area contributed by atoms with Crippen LogP contribution in [0, 0.1) is 11.8 Å². The quantitative estimate of drug-likeness (QED) is 0.326. The number of nitrogens with two attached hydrogens (primary N) is 1. The lowest BCUT2D eigenvalue weighted by atomic mass is 9.54. The van der Waals surface area contributed by atoms with Gasteiger partial charge in [-0.15, -0.1) is 0 Å². The molecule has 1 amide bonds. The van der Waals surface area contributed by atoms with Crippen molar-refractivity contribution in [2.45, 2.75) is 30.5 Å². The molecule has 3 aliphatic rings. The number of nitrogens with zero attached hydrogens (tertiary/aromatic N) is 1. The number of aliphatic hydroxyl groups is 4. The van der Waals surface area contributed by atoms with E-state index in [4.69, 9.17) is 8.48 Å². The third kappa shape index (κ3) is 2.48. The molecule has 0 heterocycles. The Labute approximate surface area is 185 Å². The SMILES string of the molecule is [2H]C[C@@]1([2H])c2cccc(O)c2C(O)=C2C(=O)[C@]3(O)C(O)=C(C(N)=O)C(=O)[C@@H](N(C)C)[C@@H]3[C@@H](O)[C@@H]21. The summed E-state index contributed by atoms with van der Waals surface area (Å²) in [6.45, 7) is -0.727. The van der Waals surface area contributed by atoms with E-state index in [1.165, 1.54) is 37.2 Å². The Kier molecular flexibility index (Phi) is 4.19. The Balaban J connectivity index is 2.12. The molecule has 1 aromatic rings. The number of hydrogen-bond acceptors (Lipinski definition) is 9. The summed E-state index contributed by atoms with van der Waals surface area (Å²) in [4.78, 5) is 40.1. The molecule has 7 N–H and O–H groups in total. The Morgan fingerprint density at radius 3 is 2.47 bits per heavy atom. The molecule has 6 atom stereocenters. The Hall–Kier alpha value is -3.21. The molecule has 32 heavy (non-hydrogen) atoms. The van der Waals surface area contributed by atoms with Crippen LogP contribution in [0.3, 0.4) is 0 Å². The highest BCUT2D eigenvalue weighted by Crippen LogP contribution is 2.55. The maximum absolute atomic E-state index is 13.8. The van der Waals surface area contributed by atoms with E-state index in [1.807, 2.05) is 0 Å². The summed E-state index contributed by atoms with van der Waals surface area (Å²) < 4.78 is 17.1. The molecule has 1 aromatic carbocycles. The molecule has 0 unspecified atom stereocenters. The van der Waals surface area contributed by atoms with E-state index >= 15 is 0 Å². The number of likely N-dealkylation sites (N-methyl/N-ethyl adjacent to an activating group) is 1. The summed E-state index contributed by atoms with van der Waals surface area (Å²) in [5.41, 5.74) is 0.105. The lowest BCUT2D eigenvalue weighted by Gasteiger charge is -2.53. The predicted octanol–water partition coefficient (Wildman–Crippen LogP) is -0.504. The highest BCUT2D eigenvalue weighted by molar-refractivity contribution is 6.24. The summed E-state index contributed by atoms with van der Waals surface area (Å²) in [5, 5.41) is 55.2. The molecular weight excluding hydrogens is 420 g/mol. The minimum atomic E-state index is -3.06. The normalized spacial score (nSPS) is 37.5. The molecule has 3 aliphatic carbocycles. The van der Waals surface area contributed by atoms with Crippen molar-refractivity contribution in [3.63, 3.8) is 0 Å². The van der Waals surface area contributed by atoms with E-state index in [0.717, 1.165) is 0 Å². The fraction of sp³-hybridized carbons (Fsp3) is 0.409. The average molecular weight is 446 g/mol. The number of aliphatic hydroxyl groups excluding tert-OH is 3. The number of phenols is 1. The number of Topliss-reactive ketones (excluding diaryl/α,β-unsaturated/α-hetero) is 2. The van der Waals surface area contributed by atoms with E-state index < -0.39 is 88.3 Å². The lowest BCUT2D eigenvalue weighted by molar-refractivity contribution is -0.169.